The van der Waals surface area contributed by atoms with Gasteiger partial charge in [-0.05, 0) is 61.4 Å². The third-order valence-corrected chi connectivity index (χ3v) is 6.56. The second kappa shape index (κ2) is 13.1. The van der Waals surface area contributed by atoms with Gasteiger partial charge in [0.25, 0.3) is 5.91 Å². The molecule has 39 heavy (non-hydrogen) atoms. The number of rotatable bonds is 12. The van der Waals surface area contributed by atoms with E-state index in [1.165, 1.54) is 0 Å². The number of imidazole rings is 1. The second-order valence-electron chi connectivity index (χ2n) is 9.34. The quantitative estimate of drug-likeness (QED) is 0.116. The van der Waals surface area contributed by atoms with Crippen LogP contribution in [-0.2, 0) is 4.79 Å². The van der Waals surface area contributed by atoms with Crippen LogP contribution < -0.4 is 20.4 Å². The van der Waals surface area contributed by atoms with Gasteiger partial charge >= 0.3 is 0 Å². The van der Waals surface area contributed by atoms with Crippen molar-refractivity contribution in [1.82, 2.24) is 15.0 Å². The minimum atomic E-state index is -0.380. The lowest BCUT2D eigenvalue weighted by Gasteiger charge is -2.16. The minimum Gasteiger partial charge on any atom is -0.493 e. The third kappa shape index (κ3) is 7.07. The van der Waals surface area contributed by atoms with Gasteiger partial charge in [-0.3, -0.25) is 19.4 Å². The van der Waals surface area contributed by atoms with E-state index in [-0.39, 0.29) is 11.8 Å². The zero-order valence-corrected chi connectivity index (χ0v) is 22.7. The summed E-state index contributed by atoms with van der Waals surface area (Å²) in [5.41, 5.74) is 6.10. The van der Waals surface area contributed by atoms with E-state index in [1.807, 2.05) is 47.8 Å². The number of nitrogens with zero attached hydrogens (tertiary/aromatic N) is 3. The Morgan fingerprint density at radius 1 is 1.03 bits per heavy atom. The van der Waals surface area contributed by atoms with Gasteiger partial charge in [0.1, 0.15) is 12.1 Å². The molecule has 0 saturated heterocycles. The predicted octanol–water partition coefficient (Wildman–Crippen LogP) is 5.83. The van der Waals surface area contributed by atoms with Crippen molar-refractivity contribution in [2.24, 2.45) is 0 Å². The zero-order chi connectivity index (χ0) is 27.8. The van der Waals surface area contributed by atoms with Crippen molar-refractivity contribution in [3.05, 3.63) is 77.6 Å². The normalized spacial score (nSPS) is 10.9. The molecule has 3 N–H and O–H groups in total. The van der Waals surface area contributed by atoms with Gasteiger partial charge in [0.05, 0.1) is 34.6 Å². The van der Waals surface area contributed by atoms with Crippen LogP contribution in [0.4, 0.5) is 11.4 Å². The van der Waals surface area contributed by atoms with Crippen LogP contribution in [0.3, 0.4) is 0 Å². The number of nitrogens with one attached hydrogen (secondary N) is 2. The largest absolute Gasteiger partial charge is 0.493 e. The van der Waals surface area contributed by atoms with E-state index in [0.29, 0.717) is 47.2 Å². The summed E-state index contributed by atoms with van der Waals surface area (Å²) in [6.07, 6.45) is 5.20. The first-order chi connectivity index (χ1) is 18.9. The molecule has 0 aliphatic rings. The summed E-state index contributed by atoms with van der Waals surface area (Å²) in [7, 11) is 3.96. The molecule has 0 aliphatic carbocycles. The Labute approximate surface area is 232 Å². The number of para-hydroxylation sites is 1. The average molecular weight is 550 g/mol. The van der Waals surface area contributed by atoms with Crippen LogP contribution in [0, 0.1) is 0 Å². The maximum Gasteiger partial charge on any atom is 0.259 e. The molecule has 0 spiro atoms. The third-order valence-electron chi connectivity index (χ3n) is 6.33. The number of benzene rings is 3. The Kier molecular flexibility index (Phi) is 9.40. The Morgan fingerprint density at radius 3 is 2.62 bits per heavy atom. The van der Waals surface area contributed by atoms with E-state index in [2.05, 4.69) is 10.3 Å². The number of carbonyl (C=O) groups is 2. The summed E-state index contributed by atoms with van der Waals surface area (Å²) in [4.78, 5) is 31.0. The molecule has 2 amide bonds. The van der Waals surface area contributed by atoms with Gasteiger partial charge in [0.15, 0.2) is 0 Å². The maximum atomic E-state index is 13.4. The van der Waals surface area contributed by atoms with E-state index < -0.39 is 0 Å². The first kappa shape index (κ1) is 27.9. The number of ether oxygens (including phenoxy) is 1. The zero-order valence-electron chi connectivity index (χ0n) is 22.0. The molecule has 1 aromatic heterocycles. The fraction of sp³-hybridized carbons (Fsp3) is 0.276. The molecule has 4 aromatic rings. The molecular weight excluding hydrogens is 518 g/mol. The van der Waals surface area contributed by atoms with E-state index in [0.717, 1.165) is 36.0 Å². The number of unbranched alkanes of at least 4 members (excludes halogenated alkanes) is 3. The van der Waals surface area contributed by atoms with Crippen LogP contribution in [0.1, 0.15) is 42.5 Å². The predicted molar refractivity (Wildman–Crippen MR) is 153 cm³/mol. The summed E-state index contributed by atoms with van der Waals surface area (Å²) in [6, 6.07) is 18.4. The standard InChI is InChI=1S/C29H32ClN5O4/c1-34(2)21-13-15-25-24(18-21)31-19-35(25)26-17-20(30)12-14-23(26)32-29(37)22-9-6-7-10-27(22)39-16-8-4-3-5-11-28(36)33-38/h6-7,9-10,12-15,17-19,38H,3-5,8,11,16H2,1-2H3,(H,32,37)(H,33,36). The van der Waals surface area contributed by atoms with Crippen LogP contribution >= 0.6 is 11.6 Å². The minimum absolute atomic E-state index is 0.291. The van der Waals surface area contributed by atoms with Crippen molar-refractivity contribution in [2.45, 2.75) is 32.1 Å². The molecule has 10 heteroatoms. The molecule has 0 atom stereocenters. The van der Waals surface area contributed by atoms with Gasteiger partial charge in [0.2, 0.25) is 5.91 Å². The molecule has 0 bridgehead atoms. The maximum absolute atomic E-state index is 13.4. The molecule has 0 saturated carbocycles. The van der Waals surface area contributed by atoms with Crippen LogP contribution in [0.5, 0.6) is 5.75 Å². The lowest BCUT2D eigenvalue weighted by molar-refractivity contribution is -0.129. The Balaban J connectivity index is 1.47. The topological polar surface area (TPSA) is 109 Å². The molecular formula is C29H32ClN5O4. The number of carbonyl (C=O) groups excluding carboxylic acids is 2. The van der Waals surface area contributed by atoms with Gasteiger partial charge in [-0.15, -0.1) is 0 Å². The fourth-order valence-electron chi connectivity index (χ4n) is 4.23. The van der Waals surface area contributed by atoms with Crippen LogP contribution in [-0.4, -0.2) is 47.3 Å². The Bertz CT molecular complexity index is 1450. The van der Waals surface area contributed by atoms with Gasteiger partial charge < -0.3 is 15.0 Å². The van der Waals surface area contributed by atoms with E-state index in [9.17, 15) is 9.59 Å². The van der Waals surface area contributed by atoms with E-state index in [4.69, 9.17) is 21.5 Å². The lowest BCUT2D eigenvalue weighted by Crippen LogP contribution is -2.17. The second-order valence-corrected chi connectivity index (χ2v) is 9.78. The molecule has 0 aliphatic heterocycles. The molecule has 1 heterocycles. The van der Waals surface area contributed by atoms with Crippen molar-refractivity contribution < 1.29 is 19.5 Å². The number of amides is 2. The van der Waals surface area contributed by atoms with Gasteiger partial charge in [-0.2, -0.15) is 0 Å². The first-order valence-corrected chi connectivity index (χ1v) is 13.2. The van der Waals surface area contributed by atoms with Crippen LogP contribution in [0.25, 0.3) is 16.7 Å². The smallest absolute Gasteiger partial charge is 0.259 e. The monoisotopic (exact) mass is 549 g/mol. The average Bonchev–Trinajstić information content (AvgIpc) is 3.36. The lowest BCUT2D eigenvalue weighted by atomic mass is 10.1. The van der Waals surface area contributed by atoms with Crippen molar-refractivity contribution in [2.75, 3.05) is 30.9 Å². The number of fused-ring (bicyclic) bond motifs is 1. The summed E-state index contributed by atoms with van der Waals surface area (Å²) in [6.45, 7) is 0.443. The van der Waals surface area contributed by atoms with Crippen molar-refractivity contribution >= 4 is 45.8 Å². The highest BCUT2D eigenvalue weighted by molar-refractivity contribution is 6.31. The van der Waals surface area contributed by atoms with Crippen LogP contribution in [0.2, 0.25) is 5.02 Å². The highest BCUT2D eigenvalue weighted by Gasteiger charge is 2.17. The number of hydroxylamine groups is 1. The van der Waals surface area contributed by atoms with Gasteiger partial charge in [-0.25, -0.2) is 10.5 Å². The molecule has 3 aromatic carbocycles. The van der Waals surface area contributed by atoms with Crippen LogP contribution in [0.15, 0.2) is 67.0 Å². The number of hydrogen-bond acceptors (Lipinski definition) is 6. The van der Waals surface area contributed by atoms with Gasteiger partial charge in [-0.1, -0.05) is 36.6 Å². The highest BCUT2D eigenvalue weighted by Crippen LogP contribution is 2.30. The number of hydrogen-bond donors (Lipinski definition) is 3. The van der Waals surface area contributed by atoms with E-state index >= 15 is 0 Å². The Morgan fingerprint density at radius 2 is 1.82 bits per heavy atom. The fourth-order valence-corrected chi connectivity index (χ4v) is 4.40. The number of halogens is 1. The summed E-state index contributed by atoms with van der Waals surface area (Å²) < 4.78 is 7.84. The van der Waals surface area contributed by atoms with Crippen molar-refractivity contribution in [1.29, 1.82) is 0 Å². The van der Waals surface area contributed by atoms with Crippen molar-refractivity contribution in [3.63, 3.8) is 0 Å². The van der Waals surface area contributed by atoms with Crippen molar-refractivity contribution in [3.8, 4) is 11.4 Å². The SMILES string of the molecule is CN(C)c1ccc2c(c1)ncn2-c1cc(Cl)ccc1NC(=O)c1ccccc1OCCCCCCC(=O)NO. The van der Waals surface area contributed by atoms with Gasteiger partial charge in [0, 0.05) is 31.2 Å². The molecule has 0 unspecified atom stereocenters. The summed E-state index contributed by atoms with van der Waals surface area (Å²) >= 11 is 6.35. The highest BCUT2D eigenvalue weighted by atomic mass is 35.5. The first-order valence-electron chi connectivity index (χ1n) is 12.8. The van der Waals surface area contributed by atoms with E-state index in [1.54, 1.807) is 48.2 Å². The molecule has 0 fully saturated rings. The number of anilines is 2. The molecule has 0 radical (unpaired) electrons. The Hall–Kier alpha value is -4.08. The number of aromatic nitrogens is 2. The molecule has 204 valence electrons. The molecule has 9 nitrogen and oxygen atoms in total. The summed E-state index contributed by atoms with van der Waals surface area (Å²) in [5, 5.41) is 12.1. The summed E-state index contributed by atoms with van der Waals surface area (Å²) in [5.74, 6) is -0.187. The molecule has 4 rings (SSSR count).